The number of H-pyrrole nitrogens is 1. The third-order valence-corrected chi connectivity index (χ3v) is 6.67. The number of carbonyl (C=O) groups excluding carboxylic acids is 3. The maximum atomic E-state index is 13.5. The Morgan fingerprint density at radius 3 is 2.75 bits per heavy atom. The van der Waals surface area contributed by atoms with Crippen molar-refractivity contribution in [1.29, 1.82) is 0 Å². The molecule has 1 spiro atoms. The Labute approximate surface area is 188 Å². The number of nitrogens with zero attached hydrogens (tertiary/aromatic N) is 4. The fraction of sp³-hybridized carbons (Fsp3) is 0.318. The van der Waals surface area contributed by atoms with E-state index in [1.807, 2.05) is 0 Å². The number of anilines is 1. The van der Waals surface area contributed by atoms with Gasteiger partial charge in [-0.3, -0.25) is 19.5 Å². The lowest BCUT2D eigenvalue weighted by Gasteiger charge is -2.38. The molecule has 164 valence electrons. The van der Waals surface area contributed by atoms with Gasteiger partial charge in [0, 0.05) is 23.7 Å². The molecule has 2 aliphatic heterocycles. The average molecular weight is 454 g/mol. The first-order valence-electron chi connectivity index (χ1n) is 10.2. The molecule has 10 heteroatoms. The minimum absolute atomic E-state index is 0.179. The van der Waals surface area contributed by atoms with Gasteiger partial charge in [-0.2, -0.15) is 5.10 Å². The quantitative estimate of drug-likeness (QED) is 0.609. The summed E-state index contributed by atoms with van der Waals surface area (Å²) < 4.78 is 4.77. The monoisotopic (exact) mass is 453 g/mol. The number of ether oxygens (including phenoxy) is 1. The number of fused-ring (bicyclic) bond motifs is 3. The first kappa shape index (κ1) is 20.4. The van der Waals surface area contributed by atoms with Crippen LogP contribution >= 0.6 is 11.6 Å². The van der Waals surface area contributed by atoms with Crippen molar-refractivity contribution in [2.75, 3.05) is 31.6 Å². The Kier molecular flexibility index (Phi) is 4.85. The highest BCUT2D eigenvalue weighted by Crippen LogP contribution is 2.50. The molecule has 32 heavy (non-hydrogen) atoms. The molecule has 0 aliphatic carbocycles. The number of hydrogen-bond acceptors (Lipinski definition) is 6. The number of piperidine rings is 1. The van der Waals surface area contributed by atoms with Crippen molar-refractivity contribution in [3.8, 4) is 0 Å². The number of nitrogens with one attached hydrogen (secondary N) is 1. The number of amides is 2. The standard InChI is InChI=1S/C22H20ClN5O4/c1-32-18(29)12-28-17-4-2-3-13(23)19(17)22(21(28)31)7-9-27(10-8-22)20(30)15-6-5-14-16(25-15)11-24-26-14/h2-6,11H,7-10,12H2,1H3,(H,24,26). The van der Waals surface area contributed by atoms with Crippen molar-refractivity contribution in [3.63, 3.8) is 0 Å². The summed E-state index contributed by atoms with van der Waals surface area (Å²) in [6, 6.07) is 8.73. The molecule has 1 aromatic carbocycles. The first-order chi connectivity index (χ1) is 15.4. The zero-order valence-corrected chi connectivity index (χ0v) is 18.1. The van der Waals surface area contributed by atoms with Gasteiger partial charge >= 0.3 is 5.97 Å². The highest BCUT2D eigenvalue weighted by molar-refractivity contribution is 6.33. The van der Waals surface area contributed by atoms with Gasteiger partial charge in [-0.1, -0.05) is 17.7 Å². The van der Waals surface area contributed by atoms with Crippen LogP contribution < -0.4 is 4.90 Å². The summed E-state index contributed by atoms with van der Waals surface area (Å²) in [7, 11) is 1.29. The van der Waals surface area contributed by atoms with Crippen molar-refractivity contribution in [2.24, 2.45) is 0 Å². The summed E-state index contributed by atoms with van der Waals surface area (Å²) >= 11 is 6.54. The molecule has 0 saturated carbocycles. The zero-order valence-electron chi connectivity index (χ0n) is 17.3. The first-order valence-corrected chi connectivity index (χ1v) is 10.6. The van der Waals surface area contributed by atoms with Gasteiger partial charge in [-0.25, -0.2) is 4.98 Å². The van der Waals surface area contributed by atoms with E-state index in [1.165, 1.54) is 12.0 Å². The van der Waals surface area contributed by atoms with Crippen molar-refractivity contribution in [2.45, 2.75) is 18.3 Å². The molecule has 2 aromatic heterocycles. The van der Waals surface area contributed by atoms with Gasteiger partial charge < -0.3 is 14.5 Å². The molecule has 5 rings (SSSR count). The predicted octanol–water partition coefficient (Wildman–Crippen LogP) is 2.30. The van der Waals surface area contributed by atoms with Crippen LogP contribution in [-0.2, 0) is 19.7 Å². The number of rotatable bonds is 3. The van der Waals surface area contributed by atoms with Gasteiger partial charge in [0.05, 0.1) is 29.9 Å². The number of likely N-dealkylation sites (tertiary alicyclic amines) is 1. The van der Waals surface area contributed by atoms with Gasteiger partial charge in [0.2, 0.25) is 5.91 Å². The molecule has 1 saturated heterocycles. The zero-order chi connectivity index (χ0) is 22.5. The molecule has 1 N–H and O–H groups in total. The summed E-state index contributed by atoms with van der Waals surface area (Å²) in [6.45, 7) is 0.556. The van der Waals surface area contributed by atoms with Crippen LogP contribution in [0.25, 0.3) is 11.0 Å². The van der Waals surface area contributed by atoms with E-state index in [4.69, 9.17) is 16.3 Å². The van der Waals surface area contributed by atoms with E-state index in [0.29, 0.717) is 47.9 Å². The van der Waals surface area contributed by atoms with Gasteiger partial charge in [-0.05, 0) is 37.1 Å². The van der Waals surface area contributed by atoms with E-state index in [1.54, 1.807) is 41.4 Å². The van der Waals surface area contributed by atoms with Crippen LogP contribution in [0.3, 0.4) is 0 Å². The van der Waals surface area contributed by atoms with Gasteiger partial charge in [0.25, 0.3) is 5.91 Å². The molecular weight excluding hydrogens is 434 g/mol. The number of methoxy groups -OCH3 is 1. The summed E-state index contributed by atoms with van der Waals surface area (Å²) in [5, 5.41) is 7.23. The molecule has 2 aliphatic rings. The van der Waals surface area contributed by atoms with E-state index in [-0.39, 0.29) is 18.4 Å². The van der Waals surface area contributed by atoms with Crippen molar-refractivity contribution in [3.05, 3.63) is 52.8 Å². The number of hydrogen-bond donors (Lipinski definition) is 1. The highest BCUT2D eigenvalue weighted by Gasteiger charge is 2.54. The number of benzene rings is 1. The van der Waals surface area contributed by atoms with Crippen LogP contribution in [0.2, 0.25) is 5.02 Å². The lowest BCUT2D eigenvalue weighted by Crippen LogP contribution is -2.51. The second kappa shape index (κ2) is 7.59. The van der Waals surface area contributed by atoms with E-state index >= 15 is 0 Å². The van der Waals surface area contributed by atoms with Crippen LogP contribution in [0.4, 0.5) is 5.69 Å². The maximum Gasteiger partial charge on any atom is 0.325 e. The summed E-state index contributed by atoms with van der Waals surface area (Å²) in [6.07, 6.45) is 2.38. The Morgan fingerprint density at radius 1 is 1.22 bits per heavy atom. The number of aromatic amines is 1. The summed E-state index contributed by atoms with van der Waals surface area (Å²) in [5.74, 6) is -0.884. The lowest BCUT2D eigenvalue weighted by atomic mass is 9.73. The minimum atomic E-state index is -0.875. The van der Waals surface area contributed by atoms with Crippen LogP contribution in [0.15, 0.2) is 36.5 Å². The molecule has 3 aromatic rings. The fourth-order valence-electron chi connectivity index (χ4n) is 4.70. The molecule has 1 fully saturated rings. The molecular formula is C22H20ClN5O4. The van der Waals surface area contributed by atoms with Gasteiger partial charge in [-0.15, -0.1) is 0 Å². The number of esters is 1. The molecule has 9 nitrogen and oxygen atoms in total. The van der Waals surface area contributed by atoms with Crippen molar-refractivity contribution in [1.82, 2.24) is 20.1 Å². The van der Waals surface area contributed by atoms with Crippen molar-refractivity contribution < 1.29 is 19.1 Å². The molecule has 0 atom stereocenters. The van der Waals surface area contributed by atoms with E-state index in [2.05, 4.69) is 15.2 Å². The molecule has 0 radical (unpaired) electrons. The van der Waals surface area contributed by atoms with Crippen LogP contribution in [0, 0.1) is 0 Å². The Morgan fingerprint density at radius 2 is 2.00 bits per heavy atom. The van der Waals surface area contributed by atoms with E-state index < -0.39 is 11.4 Å². The minimum Gasteiger partial charge on any atom is -0.468 e. The van der Waals surface area contributed by atoms with Crippen LogP contribution in [-0.4, -0.2) is 64.6 Å². The smallest absolute Gasteiger partial charge is 0.325 e. The van der Waals surface area contributed by atoms with Gasteiger partial charge in [0.1, 0.15) is 17.8 Å². The average Bonchev–Trinajstić information content (AvgIpc) is 3.37. The topological polar surface area (TPSA) is 108 Å². The van der Waals surface area contributed by atoms with E-state index in [0.717, 1.165) is 11.1 Å². The maximum absolute atomic E-state index is 13.5. The van der Waals surface area contributed by atoms with Crippen LogP contribution in [0.5, 0.6) is 0 Å². The third-order valence-electron chi connectivity index (χ3n) is 6.35. The Balaban J connectivity index is 1.42. The molecule has 0 bridgehead atoms. The Bertz CT molecular complexity index is 1250. The lowest BCUT2D eigenvalue weighted by molar-refractivity contribution is -0.140. The molecule has 0 unspecified atom stereocenters. The van der Waals surface area contributed by atoms with Crippen LogP contribution in [0.1, 0.15) is 28.9 Å². The highest BCUT2D eigenvalue weighted by atomic mass is 35.5. The number of aromatic nitrogens is 3. The predicted molar refractivity (Wildman–Crippen MR) is 117 cm³/mol. The van der Waals surface area contributed by atoms with Gasteiger partial charge in [0.15, 0.2) is 0 Å². The Hall–Kier alpha value is -3.46. The summed E-state index contributed by atoms with van der Waals surface area (Å²) in [5.41, 5.74) is 2.18. The fourth-order valence-corrected chi connectivity index (χ4v) is 5.05. The molecule has 4 heterocycles. The number of halogens is 1. The summed E-state index contributed by atoms with van der Waals surface area (Å²) in [4.78, 5) is 46.1. The third kappa shape index (κ3) is 3.03. The van der Waals surface area contributed by atoms with Crippen molar-refractivity contribution >= 4 is 46.1 Å². The normalized spacial score (nSPS) is 17.1. The second-order valence-corrected chi connectivity index (χ2v) is 8.38. The second-order valence-electron chi connectivity index (χ2n) is 7.97. The molecule has 2 amide bonds. The number of pyridine rings is 1. The van der Waals surface area contributed by atoms with E-state index in [9.17, 15) is 14.4 Å². The largest absolute Gasteiger partial charge is 0.468 e. The SMILES string of the molecule is COC(=O)CN1C(=O)C2(CCN(C(=O)c3ccc4[nH]ncc4n3)CC2)c2c(Cl)cccc21. The number of carbonyl (C=O) groups is 3.